The van der Waals surface area contributed by atoms with E-state index in [1.54, 1.807) is 0 Å². The van der Waals surface area contributed by atoms with Gasteiger partial charge in [0.2, 0.25) is 5.91 Å². The Labute approximate surface area is 35.7 Å². The molecule has 6 heavy (non-hydrogen) atoms. The van der Waals surface area contributed by atoms with Gasteiger partial charge < -0.3 is 5.32 Å². The molecule has 3 nitrogen and oxygen atoms in total. The van der Waals surface area contributed by atoms with Crippen LogP contribution in [-0.4, -0.2) is 12.6 Å². The Morgan fingerprint density at radius 3 is 2.83 bits per heavy atom. The van der Waals surface area contributed by atoms with E-state index < -0.39 is 0 Å². The highest BCUT2D eigenvalue weighted by Crippen LogP contribution is 1.74. The van der Waals surface area contributed by atoms with E-state index >= 15 is 0 Å². The summed E-state index contributed by atoms with van der Waals surface area (Å²) in [6, 6.07) is 0. The highest BCUT2D eigenvalue weighted by molar-refractivity contribution is 5.85. The Kier molecular flexibility index (Phi) is 0.759. The molecule has 0 bridgehead atoms. The van der Waals surface area contributed by atoms with Gasteiger partial charge in [-0.1, -0.05) is 0 Å². The molecule has 0 aromatic carbocycles. The molecular weight excluding hydrogens is 80.0 g/mol. The molecule has 33 valence electrons. The van der Waals surface area contributed by atoms with E-state index in [1.807, 2.05) is 0 Å². The van der Waals surface area contributed by atoms with Gasteiger partial charge in [0, 0.05) is 0 Å². The van der Waals surface area contributed by atoms with Crippen LogP contribution in [0, 0.1) is 6.54 Å². The molecule has 1 saturated heterocycles. The van der Waals surface area contributed by atoms with Gasteiger partial charge in [-0.25, -0.2) is 0 Å². The lowest BCUT2D eigenvalue weighted by Gasteiger charge is -1.78. The Morgan fingerprint density at radius 2 is 2.67 bits per heavy atom. The van der Waals surface area contributed by atoms with Crippen molar-refractivity contribution >= 4 is 5.91 Å². The van der Waals surface area contributed by atoms with Gasteiger partial charge in [-0.3, -0.25) is 10.1 Å². The minimum Gasteiger partial charge on any atom is -0.342 e. The van der Waals surface area contributed by atoms with Crippen molar-refractivity contribution in [1.82, 2.24) is 10.6 Å². The molecule has 1 rings (SSSR count). The van der Waals surface area contributed by atoms with Gasteiger partial charge in [0.1, 0.15) is 6.54 Å². The molecule has 0 spiro atoms. The topological polar surface area (TPSA) is 41.1 Å². The van der Waals surface area contributed by atoms with Gasteiger partial charge in [-0.15, -0.1) is 0 Å². The minimum absolute atomic E-state index is 0.0324. The van der Waals surface area contributed by atoms with Crippen LogP contribution >= 0.6 is 0 Å². The fourth-order valence-electron chi connectivity index (χ4n) is 0.333. The molecule has 3 heteroatoms. The summed E-state index contributed by atoms with van der Waals surface area (Å²) in [6.07, 6.45) is 0. The molecule has 0 aromatic rings. The number of rotatable bonds is 0. The van der Waals surface area contributed by atoms with Crippen LogP contribution in [0.1, 0.15) is 0 Å². The molecule has 0 aromatic heterocycles. The first-order valence-electron chi connectivity index (χ1n) is 1.74. The molecule has 1 aliphatic heterocycles. The second-order valence-electron chi connectivity index (χ2n) is 1.07. The van der Waals surface area contributed by atoms with Crippen LogP contribution in [0.4, 0.5) is 0 Å². The van der Waals surface area contributed by atoms with E-state index in [9.17, 15) is 4.79 Å². The molecule has 0 atom stereocenters. The van der Waals surface area contributed by atoms with Crippen molar-refractivity contribution in [3.8, 4) is 0 Å². The van der Waals surface area contributed by atoms with Gasteiger partial charge in [-0.2, -0.15) is 0 Å². The van der Waals surface area contributed by atoms with E-state index in [4.69, 9.17) is 0 Å². The van der Waals surface area contributed by atoms with E-state index in [-0.39, 0.29) is 5.91 Å². The third kappa shape index (κ3) is 0.490. The number of hydrogen-bond donors (Lipinski definition) is 2. The molecule has 0 unspecified atom stereocenters. The average Bonchev–Trinajstić information content (AvgIpc) is 1.86. The molecule has 1 radical (unpaired) electrons. The van der Waals surface area contributed by atoms with Crippen LogP contribution in [0.15, 0.2) is 0 Å². The number of carbonyl (C=O) groups excluding carboxylic acids is 1. The summed E-state index contributed by atoms with van der Waals surface area (Å²) in [5.41, 5.74) is 0. The van der Waals surface area contributed by atoms with Gasteiger partial charge in [0.05, 0.1) is 6.67 Å². The second kappa shape index (κ2) is 1.26. The zero-order valence-electron chi connectivity index (χ0n) is 3.19. The smallest absolute Gasteiger partial charge is 0.240 e. The average molecular weight is 85.1 g/mol. The van der Waals surface area contributed by atoms with Crippen LogP contribution in [0.25, 0.3) is 0 Å². The third-order valence-corrected chi connectivity index (χ3v) is 0.598. The van der Waals surface area contributed by atoms with Crippen LogP contribution in [-0.2, 0) is 4.79 Å². The van der Waals surface area contributed by atoms with Crippen LogP contribution in [0.3, 0.4) is 0 Å². The lowest BCUT2D eigenvalue weighted by atomic mass is 10.7. The summed E-state index contributed by atoms with van der Waals surface area (Å²) in [4.78, 5) is 10.0. The predicted octanol–water partition coefficient (Wildman–Crippen LogP) is -1.17. The maximum atomic E-state index is 10.0. The van der Waals surface area contributed by atoms with Crippen molar-refractivity contribution in [3.05, 3.63) is 6.54 Å². The van der Waals surface area contributed by atoms with Gasteiger partial charge in [0.25, 0.3) is 0 Å². The minimum atomic E-state index is -0.0324. The predicted molar refractivity (Wildman–Crippen MR) is 20.4 cm³/mol. The van der Waals surface area contributed by atoms with Crippen LogP contribution in [0.5, 0.6) is 0 Å². The Balaban J connectivity index is 2.37. The number of amides is 1. The fraction of sp³-hybridized carbons (Fsp3) is 0.333. The molecule has 1 aliphatic rings. The maximum absolute atomic E-state index is 10.0. The van der Waals surface area contributed by atoms with Crippen LogP contribution in [0.2, 0.25) is 0 Å². The lowest BCUT2D eigenvalue weighted by Crippen LogP contribution is -2.14. The summed E-state index contributed by atoms with van der Waals surface area (Å²) in [5, 5.41) is 5.20. The number of hydrogen-bond acceptors (Lipinski definition) is 2. The summed E-state index contributed by atoms with van der Waals surface area (Å²) >= 11 is 0. The van der Waals surface area contributed by atoms with E-state index in [2.05, 4.69) is 10.6 Å². The fourth-order valence-corrected chi connectivity index (χ4v) is 0.333. The normalized spacial score (nSPS) is 21.0. The highest BCUT2D eigenvalue weighted by atomic mass is 16.2. The van der Waals surface area contributed by atoms with E-state index in [1.165, 1.54) is 6.54 Å². The van der Waals surface area contributed by atoms with Crippen molar-refractivity contribution in [2.24, 2.45) is 0 Å². The third-order valence-electron chi connectivity index (χ3n) is 0.598. The molecule has 0 saturated carbocycles. The number of nitrogens with one attached hydrogen (secondary N) is 2. The van der Waals surface area contributed by atoms with Gasteiger partial charge in [-0.05, 0) is 0 Å². The molecule has 0 aliphatic carbocycles. The van der Waals surface area contributed by atoms with E-state index in [0.29, 0.717) is 6.67 Å². The summed E-state index contributed by atoms with van der Waals surface area (Å²) in [6.45, 7) is 1.98. The van der Waals surface area contributed by atoms with Crippen molar-refractivity contribution < 1.29 is 4.79 Å². The first kappa shape index (κ1) is 3.61. The first-order chi connectivity index (χ1) is 2.89. The summed E-state index contributed by atoms with van der Waals surface area (Å²) < 4.78 is 0. The zero-order chi connectivity index (χ0) is 4.41. The number of carbonyl (C=O) groups is 1. The zero-order valence-corrected chi connectivity index (χ0v) is 3.19. The van der Waals surface area contributed by atoms with Crippen molar-refractivity contribution in [2.75, 3.05) is 6.67 Å². The summed E-state index contributed by atoms with van der Waals surface area (Å²) in [7, 11) is 0. The Hall–Kier alpha value is -0.570. The SMILES string of the molecule is O=C1[CH]NCN1. The summed E-state index contributed by atoms with van der Waals surface area (Å²) in [5.74, 6) is -0.0324. The van der Waals surface area contributed by atoms with Crippen molar-refractivity contribution in [2.45, 2.75) is 0 Å². The van der Waals surface area contributed by atoms with Gasteiger partial charge >= 0.3 is 0 Å². The van der Waals surface area contributed by atoms with Gasteiger partial charge in [0.15, 0.2) is 0 Å². The Morgan fingerprint density at radius 1 is 1.83 bits per heavy atom. The first-order valence-corrected chi connectivity index (χ1v) is 1.74. The van der Waals surface area contributed by atoms with Crippen molar-refractivity contribution in [3.63, 3.8) is 0 Å². The molecular formula is C3H5N2O. The van der Waals surface area contributed by atoms with Crippen LogP contribution < -0.4 is 10.6 Å². The Bertz CT molecular complexity index is 63.2. The molecule has 2 N–H and O–H groups in total. The van der Waals surface area contributed by atoms with E-state index in [0.717, 1.165) is 0 Å². The monoisotopic (exact) mass is 85.0 g/mol. The maximum Gasteiger partial charge on any atom is 0.240 e. The van der Waals surface area contributed by atoms with Crippen molar-refractivity contribution in [1.29, 1.82) is 0 Å². The molecule has 1 amide bonds. The largest absolute Gasteiger partial charge is 0.342 e. The standard InChI is InChI=1S/C3H5N2O/c6-3-1-4-2-5-3/h1,4H,2H2,(H,5,6). The highest BCUT2D eigenvalue weighted by Gasteiger charge is 2.04. The lowest BCUT2D eigenvalue weighted by molar-refractivity contribution is -0.116. The molecule has 1 fully saturated rings. The molecule has 1 heterocycles. The quantitative estimate of drug-likeness (QED) is 0.389. The second-order valence-corrected chi connectivity index (χ2v) is 1.07.